The quantitative estimate of drug-likeness (QED) is 0.736. The monoisotopic (exact) mass is 271 g/mol. The second-order valence-electron chi connectivity index (χ2n) is 3.59. The molecule has 1 aromatic carbocycles. The van der Waals surface area contributed by atoms with Crippen molar-refractivity contribution >= 4 is 10.0 Å². The van der Waals surface area contributed by atoms with Gasteiger partial charge in [-0.2, -0.15) is 4.31 Å². The summed E-state index contributed by atoms with van der Waals surface area (Å²) >= 11 is 0. The van der Waals surface area contributed by atoms with E-state index >= 15 is 0 Å². The fourth-order valence-electron chi connectivity index (χ4n) is 1.44. The van der Waals surface area contributed by atoms with Crippen molar-refractivity contribution in [3.8, 4) is 11.5 Å². The van der Waals surface area contributed by atoms with Gasteiger partial charge in [0.2, 0.25) is 10.0 Å². The zero-order valence-corrected chi connectivity index (χ0v) is 11.5. The highest BCUT2D eigenvalue weighted by Crippen LogP contribution is 2.30. The highest BCUT2D eigenvalue weighted by atomic mass is 32.2. The van der Waals surface area contributed by atoms with E-state index in [9.17, 15) is 8.42 Å². The second kappa shape index (κ2) is 5.88. The summed E-state index contributed by atoms with van der Waals surface area (Å²) in [6.07, 6.45) is 1.53. The van der Waals surface area contributed by atoms with Gasteiger partial charge in [-0.25, -0.2) is 8.42 Å². The molecule has 0 atom stereocenters. The summed E-state index contributed by atoms with van der Waals surface area (Å²) in [7, 11) is 0.918. The van der Waals surface area contributed by atoms with Gasteiger partial charge in [0.25, 0.3) is 0 Å². The van der Waals surface area contributed by atoms with Gasteiger partial charge in [0.1, 0.15) is 0 Å². The van der Waals surface area contributed by atoms with Crippen LogP contribution in [-0.4, -0.2) is 40.5 Å². The number of benzene rings is 1. The molecule has 6 heteroatoms. The third-order valence-corrected chi connectivity index (χ3v) is 4.27. The highest BCUT2D eigenvalue weighted by Gasteiger charge is 2.21. The fraction of sp³-hybridized carbons (Fsp3) is 0.333. The molecule has 0 saturated heterocycles. The third-order valence-electron chi connectivity index (χ3n) is 2.45. The zero-order valence-electron chi connectivity index (χ0n) is 10.7. The average molecular weight is 271 g/mol. The standard InChI is InChI=1S/C12H17NO4S/c1-5-8-13(2)18(14,15)10-6-7-11(16-3)12(9-10)17-4/h5-7,9H,1,8H2,2-4H3. The van der Waals surface area contributed by atoms with Crippen molar-refractivity contribution in [2.75, 3.05) is 27.8 Å². The molecule has 0 aromatic heterocycles. The van der Waals surface area contributed by atoms with Gasteiger partial charge in [-0.3, -0.25) is 0 Å². The van der Waals surface area contributed by atoms with E-state index in [1.807, 2.05) is 0 Å². The molecule has 0 heterocycles. The van der Waals surface area contributed by atoms with Crippen molar-refractivity contribution in [3.63, 3.8) is 0 Å². The Balaban J connectivity index is 3.21. The van der Waals surface area contributed by atoms with Crippen LogP contribution in [0.5, 0.6) is 11.5 Å². The first-order valence-electron chi connectivity index (χ1n) is 5.26. The first-order valence-corrected chi connectivity index (χ1v) is 6.70. The van der Waals surface area contributed by atoms with E-state index in [2.05, 4.69) is 6.58 Å². The van der Waals surface area contributed by atoms with E-state index in [0.717, 1.165) is 0 Å². The van der Waals surface area contributed by atoms with Crippen LogP contribution in [0.3, 0.4) is 0 Å². The Morgan fingerprint density at radius 3 is 2.39 bits per heavy atom. The molecule has 18 heavy (non-hydrogen) atoms. The van der Waals surface area contributed by atoms with Crippen molar-refractivity contribution in [1.82, 2.24) is 4.31 Å². The maximum absolute atomic E-state index is 12.2. The summed E-state index contributed by atoms with van der Waals surface area (Å²) in [4.78, 5) is 0.157. The molecule has 0 spiro atoms. The van der Waals surface area contributed by atoms with E-state index in [1.165, 1.54) is 43.8 Å². The van der Waals surface area contributed by atoms with E-state index in [-0.39, 0.29) is 11.4 Å². The molecule has 0 amide bonds. The summed E-state index contributed by atoms with van der Waals surface area (Å²) < 4.78 is 35.7. The first-order chi connectivity index (χ1) is 8.47. The van der Waals surface area contributed by atoms with E-state index in [4.69, 9.17) is 9.47 Å². The summed E-state index contributed by atoms with van der Waals surface area (Å²) in [6.45, 7) is 3.76. The molecule has 1 rings (SSSR count). The van der Waals surface area contributed by atoms with Gasteiger partial charge in [0.05, 0.1) is 19.1 Å². The average Bonchev–Trinajstić information content (AvgIpc) is 2.38. The molecular weight excluding hydrogens is 254 g/mol. The molecule has 0 aliphatic carbocycles. The Bertz CT molecular complexity index is 525. The number of nitrogens with zero attached hydrogens (tertiary/aromatic N) is 1. The van der Waals surface area contributed by atoms with Gasteiger partial charge in [-0.05, 0) is 12.1 Å². The maximum atomic E-state index is 12.2. The lowest BCUT2D eigenvalue weighted by Gasteiger charge is -2.16. The van der Waals surface area contributed by atoms with Crippen LogP contribution in [0, 0.1) is 0 Å². The van der Waals surface area contributed by atoms with Crippen LogP contribution in [0.4, 0.5) is 0 Å². The van der Waals surface area contributed by atoms with Gasteiger partial charge >= 0.3 is 0 Å². The molecule has 5 nitrogen and oxygen atoms in total. The van der Waals surface area contributed by atoms with Gasteiger partial charge in [-0.1, -0.05) is 6.08 Å². The first kappa shape index (κ1) is 14.5. The molecule has 0 unspecified atom stereocenters. The number of hydrogen-bond acceptors (Lipinski definition) is 4. The molecule has 0 aliphatic heterocycles. The second-order valence-corrected chi connectivity index (χ2v) is 5.64. The Morgan fingerprint density at radius 1 is 1.28 bits per heavy atom. The normalized spacial score (nSPS) is 11.3. The van der Waals surface area contributed by atoms with Gasteiger partial charge in [-0.15, -0.1) is 6.58 Å². The minimum Gasteiger partial charge on any atom is -0.493 e. The molecule has 0 fully saturated rings. The topological polar surface area (TPSA) is 55.8 Å². The lowest BCUT2D eigenvalue weighted by Crippen LogP contribution is -2.26. The summed E-state index contributed by atoms with van der Waals surface area (Å²) in [6, 6.07) is 4.48. The maximum Gasteiger partial charge on any atom is 0.243 e. The largest absolute Gasteiger partial charge is 0.493 e. The van der Waals surface area contributed by atoms with Gasteiger partial charge < -0.3 is 9.47 Å². The molecule has 0 aliphatic rings. The number of ether oxygens (including phenoxy) is 2. The van der Waals surface area contributed by atoms with Crippen molar-refractivity contribution in [1.29, 1.82) is 0 Å². The van der Waals surface area contributed by atoms with Crippen LogP contribution in [0.25, 0.3) is 0 Å². The van der Waals surface area contributed by atoms with Crippen LogP contribution < -0.4 is 9.47 Å². The molecule has 1 aromatic rings. The van der Waals surface area contributed by atoms with Crippen LogP contribution in [0.15, 0.2) is 35.7 Å². The number of rotatable bonds is 6. The molecule has 100 valence electrons. The van der Waals surface area contributed by atoms with Gasteiger partial charge in [0, 0.05) is 19.7 Å². The Morgan fingerprint density at radius 2 is 1.89 bits per heavy atom. The van der Waals surface area contributed by atoms with E-state index in [1.54, 1.807) is 6.07 Å². The lowest BCUT2D eigenvalue weighted by atomic mass is 10.3. The SMILES string of the molecule is C=CCN(C)S(=O)(=O)c1ccc(OC)c(OC)c1. The molecule has 0 N–H and O–H groups in total. The van der Waals surface area contributed by atoms with Crippen molar-refractivity contribution in [3.05, 3.63) is 30.9 Å². The third kappa shape index (κ3) is 2.83. The zero-order chi connectivity index (χ0) is 13.8. The van der Waals surface area contributed by atoms with Crippen molar-refractivity contribution in [2.45, 2.75) is 4.90 Å². The van der Waals surface area contributed by atoms with Crippen molar-refractivity contribution in [2.24, 2.45) is 0 Å². The minimum atomic E-state index is -3.53. The molecule has 0 radical (unpaired) electrons. The highest BCUT2D eigenvalue weighted by molar-refractivity contribution is 7.89. The smallest absolute Gasteiger partial charge is 0.243 e. The van der Waals surface area contributed by atoms with Gasteiger partial charge in [0.15, 0.2) is 11.5 Å². The van der Waals surface area contributed by atoms with Crippen LogP contribution in [-0.2, 0) is 10.0 Å². The fourth-order valence-corrected chi connectivity index (χ4v) is 2.59. The van der Waals surface area contributed by atoms with Crippen LogP contribution in [0.1, 0.15) is 0 Å². The number of methoxy groups -OCH3 is 2. The summed E-state index contributed by atoms with van der Waals surface area (Å²) in [5.41, 5.74) is 0. The van der Waals surface area contributed by atoms with Crippen LogP contribution >= 0.6 is 0 Å². The lowest BCUT2D eigenvalue weighted by molar-refractivity contribution is 0.353. The molecular formula is C12H17NO4S. The number of sulfonamides is 1. The summed E-state index contributed by atoms with van der Waals surface area (Å²) in [5, 5.41) is 0. The predicted octanol–water partition coefficient (Wildman–Crippen LogP) is 1.51. The van der Waals surface area contributed by atoms with E-state index < -0.39 is 10.0 Å². The number of hydrogen-bond donors (Lipinski definition) is 0. The Hall–Kier alpha value is -1.53. The van der Waals surface area contributed by atoms with Crippen molar-refractivity contribution < 1.29 is 17.9 Å². The summed E-state index contributed by atoms with van der Waals surface area (Å²) in [5.74, 6) is 0.869. The predicted molar refractivity (Wildman–Crippen MR) is 69.6 cm³/mol. The van der Waals surface area contributed by atoms with Crippen LogP contribution in [0.2, 0.25) is 0 Å². The molecule has 0 bridgehead atoms. The number of likely N-dealkylation sites (N-methyl/N-ethyl adjacent to an activating group) is 1. The Kier molecular flexibility index (Phi) is 4.75. The molecule has 0 saturated carbocycles. The minimum absolute atomic E-state index is 0.157. The Labute approximate surface area is 108 Å². The van der Waals surface area contributed by atoms with E-state index in [0.29, 0.717) is 11.5 Å².